The molecule has 4 heterocycles. The predicted molar refractivity (Wildman–Crippen MR) is 111 cm³/mol. The Morgan fingerprint density at radius 2 is 1.79 bits per heavy atom. The van der Waals surface area contributed by atoms with Crippen LogP contribution < -0.4 is 10.2 Å². The van der Waals surface area contributed by atoms with E-state index in [-0.39, 0.29) is 11.9 Å². The average molecular weight is 389 g/mol. The number of anilines is 2. The fourth-order valence-corrected chi connectivity index (χ4v) is 3.40. The van der Waals surface area contributed by atoms with Crippen LogP contribution in [0.25, 0.3) is 11.5 Å². The minimum Gasteiger partial charge on any atom is -0.357 e. The number of hydrogen-bond donors (Lipinski definition) is 1. The van der Waals surface area contributed by atoms with Crippen LogP contribution in [0, 0.1) is 13.8 Å². The summed E-state index contributed by atoms with van der Waals surface area (Å²) >= 11 is 0. The molecule has 1 N–H and O–H groups in total. The smallest absolute Gasteiger partial charge is 0.259 e. The maximum atomic E-state index is 12.8. The highest BCUT2D eigenvalue weighted by atomic mass is 16.1. The number of carbonyl (C=O) groups excluding carboxylic acids is 1. The second-order valence-electron chi connectivity index (χ2n) is 7.05. The number of piperidine rings is 1. The van der Waals surface area contributed by atoms with Crippen LogP contribution in [0.15, 0.2) is 36.5 Å². The van der Waals surface area contributed by atoms with Crippen LogP contribution in [0.1, 0.15) is 41.1 Å². The maximum absolute atomic E-state index is 12.8. The van der Waals surface area contributed by atoms with Gasteiger partial charge in [0, 0.05) is 19.3 Å². The fourth-order valence-electron chi connectivity index (χ4n) is 3.40. The number of carbonyl (C=O) groups is 1. The lowest BCUT2D eigenvalue weighted by atomic mass is 10.1. The molecule has 148 valence electrons. The van der Waals surface area contributed by atoms with Gasteiger partial charge in [0.25, 0.3) is 5.91 Å². The lowest BCUT2D eigenvalue weighted by Gasteiger charge is -2.28. The first kappa shape index (κ1) is 18.9. The third-order valence-corrected chi connectivity index (χ3v) is 4.86. The van der Waals surface area contributed by atoms with Crippen molar-refractivity contribution in [1.29, 1.82) is 0 Å². The van der Waals surface area contributed by atoms with Gasteiger partial charge in [-0.05, 0) is 57.4 Å². The van der Waals surface area contributed by atoms with E-state index in [0.717, 1.165) is 18.9 Å². The molecule has 1 aliphatic rings. The Bertz CT molecular complexity index is 1020. The molecule has 8 heteroatoms. The number of amides is 1. The molecule has 3 aromatic rings. The van der Waals surface area contributed by atoms with Gasteiger partial charge in [0.2, 0.25) is 5.95 Å². The number of rotatable bonds is 4. The van der Waals surface area contributed by atoms with E-state index in [4.69, 9.17) is 0 Å². The van der Waals surface area contributed by atoms with Gasteiger partial charge in [0.15, 0.2) is 5.82 Å². The van der Waals surface area contributed by atoms with Crippen molar-refractivity contribution >= 4 is 17.7 Å². The largest absolute Gasteiger partial charge is 0.357 e. The van der Waals surface area contributed by atoms with Gasteiger partial charge in [0.1, 0.15) is 17.3 Å². The van der Waals surface area contributed by atoms with E-state index in [1.807, 2.05) is 37.3 Å². The Morgan fingerprint density at radius 3 is 2.52 bits per heavy atom. The lowest BCUT2D eigenvalue weighted by molar-refractivity contribution is 0.102. The molecule has 1 saturated heterocycles. The SMILES string of the molecule is Cc1nc(NC(=O)c2ccc(N3CCCCC3)nc2C)nc(-c2ccccn2)n1. The molecule has 8 nitrogen and oxygen atoms in total. The summed E-state index contributed by atoms with van der Waals surface area (Å²) in [6.45, 7) is 5.63. The Kier molecular flexibility index (Phi) is 5.41. The summed E-state index contributed by atoms with van der Waals surface area (Å²) < 4.78 is 0. The summed E-state index contributed by atoms with van der Waals surface area (Å²) in [5.74, 6) is 1.75. The highest BCUT2D eigenvalue weighted by molar-refractivity contribution is 6.04. The Labute approximate surface area is 169 Å². The van der Waals surface area contributed by atoms with Crippen molar-refractivity contribution in [3.8, 4) is 11.5 Å². The van der Waals surface area contributed by atoms with E-state index in [2.05, 4.69) is 35.1 Å². The van der Waals surface area contributed by atoms with Gasteiger partial charge in [-0.2, -0.15) is 9.97 Å². The Balaban J connectivity index is 1.54. The average Bonchev–Trinajstić information content (AvgIpc) is 2.74. The van der Waals surface area contributed by atoms with Gasteiger partial charge in [-0.3, -0.25) is 15.1 Å². The van der Waals surface area contributed by atoms with E-state index >= 15 is 0 Å². The van der Waals surface area contributed by atoms with E-state index in [9.17, 15) is 4.79 Å². The summed E-state index contributed by atoms with van der Waals surface area (Å²) in [7, 11) is 0. The number of hydrogen-bond acceptors (Lipinski definition) is 7. The molecule has 3 aromatic heterocycles. The molecular formula is C21H23N7O. The van der Waals surface area contributed by atoms with Gasteiger partial charge >= 0.3 is 0 Å². The molecule has 1 amide bonds. The summed E-state index contributed by atoms with van der Waals surface area (Å²) in [6, 6.07) is 9.22. The Hall–Kier alpha value is -3.42. The topological polar surface area (TPSA) is 96.8 Å². The molecule has 0 aromatic carbocycles. The van der Waals surface area contributed by atoms with Crippen molar-refractivity contribution < 1.29 is 4.79 Å². The van der Waals surface area contributed by atoms with E-state index in [1.165, 1.54) is 19.3 Å². The molecule has 0 radical (unpaired) electrons. The standard InChI is InChI=1S/C21H23N7O/c1-14-16(9-10-18(23-14)28-12-6-3-7-13-28)20(29)27-21-25-15(2)24-19(26-21)17-8-4-5-11-22-17/h4-5,8-11H,3,6-7,12-13H2,1-2H3,(H,24,25,26,27,29). The maximum Gasteiger partial charge on any atom is 0.259 e. The summed E-state index contributed by atoms with van der Waals surface area (Å²) in [5, 5.41) is 2.77. The van der Waals surface area contributed by atoms with E-state index < -0.39 is 0 Å². The first-order chi connectivity index (χ1) is 14.1. The number of pyridine rings is 2. The number of nitrogens with one attached hydrogen (secondary N) is 1. The monoisotopic (exact) mass is 389 g/mol. The zero-order valence-electron chi connectivity index (χ0n) is 16.6. The molecule has 0 atom stereocenters. The summed E-state index contributed by atoms with van der Waals surface area (Å²) in [5.41, 5.74) is 1.81. The zero-order chi connectivity index (χ0) is 20.2. The molecule has 0 spiro atoms. The second kappa shape index (κ2) is 8.30. The lowest BCUT2D eigenvalue weighted by Crippen LogP contribution is -2.30. The third kappa shape index (κ3) is 4.37. The van der Waals surface area contributed by atoms with Crippen molar-refractivity contribution in [2.45, 2.75) is 33.1 Å². The molecule has 4 rings (SSSR count). The van der Waals surface area contributed by atoms with Gasteiger partial charge < -0.3 is 4.90 Å². The van der Waals surface area contributed by atoms with Gasteiger partial charge in [-0.25, -0.2) is 9.97 Å². The van der Waals surface area contributed by atoms with Crippen LogP contribution in [-0.4, -0.2) is 43.9 Å². The van der Waals surface area contributed by atoms with Crippen LogP contribution in [0.5, 0.6) is 0 Å². The van der Waals surface area contributed by atoms with Gasteiger partial charge in [-0.1, -0.05) is 6.07 Å². The van der Waals surface area contributed by atoms with Gasteiger partial charge in [-0.15, -0.1) is 0 Å². The summed E-state index contributed by atoms with van der Waals surface area (Å²) in [6.07, 6.45) is 5.30. The normalized spacial score (nSPS) is 13.9. The molecule has 29 heavy (non-hydrogen) atoms. The molecule has 0 unspecified atom stereocenters. The van der Waals surface area contributed by atoms with Crippen molar-refractivity contribution in [1.82, 2.24) is 24.9 Å². The molecule has 1 aliphatic heterocycles. The first-order valence-corrected chi connectivity index (χ1v) is 9.78. The quantitative estimate of drug-likeness (QED) is 0.732. The van der Waals surface area contributed by atoms with Crippen LogP contribution in [0.3, 0.4) is 0 Å². The highest BCUT2D eigenvalue weighted by Crippen LogP contribution is 2.20. The molecule has 0 aliphatic carbocycles. The number of aromatic nitrogens is 5. The van der Waals surface area contributed by atoms with E-state index in [1.54, 1.807) is 13.1 Å². The Morgan fingerprint density at radius 1 is 0.966 bits per heavy atom. The van der Waals surface area contributed by atoms with Crippen molar-refractivity contribution in [3.05, 3.63) is 53.6 Å². The minimum absolute atomic E-state index is 0.197. The number of nitrogens with zero attached hydrogens (tertiary/aromatic N) is 6. The summed E-state index contributed by atoms with van der Waals surface area (Å²) in [4.78, 5) is 36.9. The predicted octanol–water partition coefficient (Wildman–Crippen LogP) is 3.19. The fraction of sp³-hybridized carbons (Fsp3) is 0.333. The van der Waals surface area contributed by atoms with Crippen molar-refractivity contribution in [3.63, 3.8) is 0 Å². The van der Waals surface area contributed by atoms with Crippen molar-refractivity contribution in [2.75, 3.05) is 23.3 Å². The zero-order valence-corrected chi connectivity index (χ0v) is 16.6. The molecule has 0 bridgehead atoms. The van der Waals surface area contributed by atoms with Crippen LogP contribution in [0.2, 0.25) is 0 Å². The van der Waals surface area contributed by atoms with Crippen LogP contribution in [-0.2, 0) is 0 Å². The molecule has 0 saturated carbocycles. The highest BCUT2D eigenvalue weighted by Gasteiger charge is 2.17. The van der Waals surface area contributed by atoms with Gasteiger partial charge in [0.05, 0.1) is 11.3 Å². The molecular weight excluding hydrogens is 366 g/mol. The third-order valence-electron chi connectivity index (χ3n) is 4.86. The van der Waals surface area contributed by atoms with Crippen LogP contribution in [0.4, 0.5) is 11.8 Å². The number of aryl methyl sites for hydroxylation is 2. The van der Waals surface area contributed by atoms with Crippen molar-refractivity contribution in [2.24, 2.45) is 0 Å². The van der Waals surface area contributed by atoms with Crippen LogP contribution >= 0.6 is 0 Å². The minimum atomic E-state index is -0.294. The second-order valence-corrected chi connectivity index (χ2v) is 7.05. The molecule has 1 fully saturated rings. The van der Waals surface area contributed by atoms with E-state index in [0.29, 0.717) is 28.6 Å². The first-order valence-electron chi connectivity index (χ1n) is 9.78.